The smallest absolute Gasteiger partial charge is 0.301 e. The van der Waals surface area contributed by atoms with E-state index in [1.54, 1.807) is 12.1 Å². The average molecular weight is 492 g/mol. The summed E-state index contributed by atoms with van der Waals surface area (Å²) in [5.41, 5.74) is 9.72. The monoisotopic (exact) mass is 492 g/mol. The van der Waals surface area contributed by atoms with Crippen molar-refractivity contribution < 1.29 is 38.7 Å². The van der Waals surface area contributed by atoms with Gasteiger partial charge in [0.05, 0.1) is 17.2 Å². The van der Waals surface area contributed by atoms with Crippen LogP contribution in [0.15, 0.2) is 23.3 Å². The second-order valence-electron chi connectivity index (χ2n) is 5.55. The van der Waals surface area contributed by atoms with E-state index >= 15 is 0 Å². The van der Waals surface area contributed by atoms with Gasteiger partial charge in [0.1, 0.15) is 12.2 Å². The molecular weight excluding hydrogens is 471 g/mol. The van der Waals surface area contributed by atoms with Crippen LogP contribution in [0.1, 0.15) is 18.9 Å². The van der Waals surface area contributed by atoms with Gasteiger partial charge in [0, 0.05) is 24.0 Å². The molecule has 0 fully saturated rings. The highest BCUT2D eigenvalue weighted by Gasteiger charge is 2.24. The zero-order chi connectivity index (χ0) is 18.4. The second kappa shape index (κ2) is 10.3. The number of rotatable bonds is 6. The lowest BCUT2D eigenvalue weighted by molar-refractivity contribution is -0.450. The van der Waals surface area contributed by atoms with Crippen LogP contribution < -0.4 is 45.4 Å². The van der Waals surface area contributed by atoms with Gasteiger partial charge in [0.25, 0.3) is 5.69 Å². The first-order valence-corrected chi connectivity index (χ1v) is 8.94. The summed E-state index contributed by atoms with van der Waals surface area (Å²) in [7, 11) is 0. The normalized spacial score (nSPS) is 17.0. The van der Waals surface area contributed by atoms with Crippen molar-refractivity contribution in [3.8, 4) is 0 Å². The number of carbonyl (C=O) groups excluding carboxylic acids is 1. The molecule has 0 bridgehead atoms. The van der Waals surface area contributed by atoms with Gasteiger partial charge in [0.2, 0.25) is 5.91 Å². The first-order chi connectivity index (χ1) is 11.9. The molecular formula is C15H21IN6O3S. The number of anilines is 1. The van der Waals surface area contributed by atoms with E-state index in [4.69, 9.17) is 5.73 Å². The first kappa shape index (κ1) is 22.2. The number of amidine groups is 1. The first-order valence-electron chi connectivity index (χ1n) is 7.71. The maximum atomic E-state index is 11.4. The van der Waals surface area contributed by atoms with Crippen molar-refractivity contribution in [2.75, 3.05) is 24.7 Å². The quantitative estimate of drug-likeness (QED) is 0.0818. The van der Waals surface area contributed by atoms with Crippen molar-refractivity contribution in [1.29, 1.82) is 0 Å². The van der Waals surface area contributed by atoms with E-state index in [0.717, 1.165) is 0 Å². The molecule has 5 N–H and O–H groups in total. The maximum absolute atomic E-state index is 11.4. The van der Waals surface area contributed by atoms with Gasteiger partial charge in [-0.2, -0.15) is 5.10 Å². The standard InChI is InChI=1S/C15H20N6O3S.HI/c1-9-7-13(22)19-20-14(9)10-3-4-11(12(8-10)21(23)24)17-5-6-18-15(16)25-2;/h3-4,8-9,17H,5-7H2,1-2H3,(H2,16,18)(H,19,22);1H. The number of thioether (sulfide) groups is 1. The summed E-state index contributed by atoms with van der Waals surface area (Å²) in [6, 6.07) is 4.89. The molecule has 0 aliphatic carbocycles. The Kier molecular flexibility index (Phi) is 8.78. The molecule has 1 atom stereocenters. The number of carbonyl (C=O) groups is 1. The Labute approximate surface area is 172 Å². The Morgan fingerprint density at radius 1 is 1.58 bits per heavy atom. The number of halogens is 1. The van der Waals surface area contributed by atoms with Crippen LogP contribution in [-0.4, -0.2) is 41.1 Å². The summed E-state index contributed by atoms with van der Waals surface area (Å²) in [6.45, 7) is 2.89. The van der Waals surface area contributed by atoms with Gasteiger partial charge in [-0.3, -0.25) is 25.6 Å². The molecule has 1 amide bonds. The molecule has 0 radical (unpaired) electrons. The maximum Gasteiger partial charge on any atom is 0.301 e. The topological polar surface area (TPSA) is 137 Å². The van der Waals surface area contributed by atoms with Gasteiger partial charge in [-0.15, -0.1) is 0 Å². The summed E-state index contributed by atoms with van der Waals surface area (Å²) in [5, 5.41) is 19.1. The van der Waals surface area contributed by atoms with Crippen molar-refractivity contribution in [2.24, 2.45) is 16.8 Å². The Morgan fingerprint density at radius 3 is 2.92 bits per heavy atom. The Balaban J connectivity index is 0.00000338. The fourth-order valence-corrected chi connectivity index (χ4v) is 2.70. The van der Waals surface area contributed by atoms with Crippen molar-refractivity contribution in [1.82, 2.24) is 5.43 Å². The summed E-state index contributed by atoms with van der Waals surface area (Å²) in [6.07, 6.45) is 2.17. The summed E-state index contributed by atoms with van der Waals surface area (Å²) in [5.74, 6) is -0.251. The van der Waals surface area contributed by atoms with Gasteiger partial charge in [-0.05, 0) is 24.1 Å². The highest BCUT2D eigenvalue weighted by atomic mass is 127. The van der Waals surface area contributed by atoms with Crippen LogP contribution in [0.25, 0.3) is 0 Å². The lowest BCUT2D eigenvalue weighted by Gasteiger charge is -2.19. The van der Waals surface area contributed by atoms with Gasteiger partial charge in [0.15, 0.2) is 0 Å². The van der Waals surface area contributed by atoms with E-state index in [1.165, 1.54) is 17.8 Å². The molecule has 1 aromatic carbocycles. The van der Waals surface area contributed by atoms with Crippen LogP contribution in [0, 0.1) is 16.0 Å². The molecule has 1 unspecified atom stereocenters. The molecule has 0 saturated heterocycles. The van der Waals surface area contributed by atoms with Gasteiger partial charge < -0.3 is 29.3 Å². The Bertz CT molecular complexity index is 740. The molecule has 142 valence electrons. The third-order valence-electron chi connectivity index (χ3n) is 3.71. The molecule has 0 aromatic heterocycles. The number of nitrogens with zero attached hydrogens (tertiary/aromatic N) is 2. The number of nitrogens with two attached hydrogens (primary N) is 1. The highest BCUT2D eigenvalue weighted by Crippen LogP contribution is 2.27. The minimum Gasteiger partial charge on any atom is -1.00 e. The van der Waals surface area contributed by atoms with E-state index in [2.05, 4.69) is 20.8 Å². The van der Waals surface area contributed by atoms with Crippen molar-refractivity contribution >= 4 is 39.9 Å². The molecule has 1 aliphatic heterocycles. The van der Waals surface area contributed by atoms with Crippen molar-refractivity contribution in [3.63, 3.8) is 0 Å². The number of benzene rings is 1. The van der Waals surface area contributed by atoms with E-state index in [-0.39, 0.29) is 41.5 Å². The van der Waals surface area contributed by atoms with Gasteiger partial charge in [-0.1, -0.05) is 13.0 Å². The number of nitro groups is 1. The van der Waals surface area contributed by atoms with Crippen LogP contribution in [0.3, 0.4) is 0 Å². The average Bonchev–Trinajstić information content (AvgIpc) is 2.58. The van der Waals surface area contributed by atoms with Crippen molar-refractivity contribution in [2.45, 2.75) is 13.3 Å². The predicted octanol–water partition coefficient (Wildman–Crippen LogP) is -3.37. The molecule has 0 spiro atoms. The lowest BCUT2D eigenvalue weighted by Crippen LogP contribution is -3.00. The molecule has 1 aliphatic rings. The number of hydrogen-bond donors (Lipinski definition) is 4. The number of amides is 1. The molecule has 26 heavy (non-hydrogen) atoms. The SMILES string of the molecule is CSC(N)=[NH+]CCNc1ccc(C2=NNC(=O)CC2C)cc1[N+](=O)[O-].[I-]. The molecule has 11 heteroatoms. The van der Waals surface area contributed by atoms with Crippen molar-refractivity contribution in [3.05, 3.63) is 33.9 Å². The Hall–Kier alpha value is -1.89. The molecule has 9 nitrogen and oxygen atoms in total. The number of hydrazone groups is 1. The third-order valence-corrected chi connectivity index (χ3v) is 4.29. The fourth-order valence-electron chi connectivity index (χ4n) is 2.45. The van der Waals surface area contributed by atoms with Gasteiger partial charge in [-0.25, -0.2) is 5.43 Å². The summed E-state index contributed by atoms with van der Waals surface area (Å²) < 4.78 is 0. The van der Waals surface area contributed by atoms with Crippen LogP contribution in [0.2, 0.25) is 0 Å². The van der Waals surface area contributed by atoms with Gasteiger partial charge >= 0.3 is 5.17 Å². The molecule has 0 saturated carbocycles. The summed E-state index contributed by atoms with van der Waals surface area (Å²) >= 11 is 1.40. The highest BCUT2D eigenvalue weighted by molar-refractivity contribution is 8.12. The number of hydrogen-bond acceptors (Lipinski definition) is 6. The zero-order valence-electron chi connectivity index (χ0n) is 14.4. The van der Waals surface area contributed by atoms with E-state index in [9.17, 15) is 14.9 Å². The minimum atomic E-state index is -0.436. The Morgan fingerprint density at radius 2 is 2.31 bits per heavy atom. The fraction of sp³-hybridized carbons (Fsp3) is 0.400. The van der Waals surface area contributed by atoms with Crippen LogP contribution in [0.5, 0.6) is 0 Å². The predicted molar refractivity (Wildman–Crippen MR) is 98.6 cm³/mol. The number of nitro benzene ring substituents is 1. The minimum absolute atomic E-state index is 0. The third kappa shape index (κ3) is 5.83. The molecule has 1 heterocycles. The van der Waals surface area contributed by atoms with Crippen LogP contribution >= 0.6 is 11.8 Å². The van der Waals surface area contributed by atoms with Crippen LogP contribution in [-0.2, 0) is 4.79 Å². The largest absolute Gasteiger partial charge is 1.00 e. The molecule has 2 rings (SSSR count). The van der Waals surface area contributed by atoms with E-state index < -0.39 is 4.92 Å². The van der Waals surface area contributed by atoms with E-state index in [0.29, 0.717) is 41.6 Å². The zero-order valence-corrected chi connectivity index (χ0v) is 17.4. The summed E-state index contributed by atoms with van der Waals surface area (Å²) in [4.78, 5) is 25.3. The number of nitrogens with one attached hydrogen (secondary N) is 3. The molecule has 1 aromatic rings. The lowest BCUT2D eigenvalue weighted by atomic mass is 9.93. The van der Waals surface area contributed by atoms with E-state index in [1.807, 2.05) is 13.2 Å². The second-order valence-corrected chi connectivity index (χ2v) is 6.40. The van der Waals surface area contributed by atoms with Crippen LogP contribution in [0.4, 0.5) is 11.4 Å².